The molecule has 0 unspecified atom stereocenters. The molecule has 0 saturated heterocycles. The summed E-state index contributed by atoms with van der Waals surface area (Å²) >= 11 is 0. The first-order valence-electron chi connectivity index (χ1n) is 7.66. The van der Waals surface area contributed by atoms with Gasteiger partial charge in [0.1, 0.15) is 11.4 Å². The van der Waals surface area contributed by atoms with Crippen molar-refractivity contribution < 1.29 is 9.53 Å². The standard InChI is InChI=1S/C17H26O2/c1-10-6-7-11-14(10)15-12(18)8-16(2,3)9-13(15)19-17(11,4)5/h10-11,14H,6-9H2,1-5H3/t10-,11+,14+/m1/s1. The molecule has 0 aromatic rings. The van der Waals surface area contributed by atoms with Crippen molar-refractivity contribution >= 4 is 5.78 Å². The number of allylic oxidation sites excluding steroid dienone is 2. The lowest BCUT2D eigenvalue weighted by molar-refractivity contribution is -0.124. The van der Waals surface area contributed by atoms with E-state index in [4.69, 9.17) is 4.74 Å². The summed E-state index contributed by atoms with van der Waals surface area (Å²) in [6, 6.07) is 0. The third-order valence-corrected chi connectivity index (χ3v) is 5.47. The van der Waals surface area contributed by atoms with Gasteiger partial charge in [0.2, 0.25) is 0 Å². The molecule has 0 spiro atoms. The highest BCUT2D eigenvalue weighted by molar-refractivity contribution is 5.98. The van der Waals surface area contributed by atoms with Gasteiger partial charge in [-0.25, -0.2) is 0 Å². The van der Waals surface area contributed by atoms with Crippen molar-refractivity contribution in [2.45, 2.75) is 65.9 Å². The molecule has 1 fully saturated rings. The number of hydrogen-bond donors (Lipinski definition) is 0. The lowest BCUT2D eigenvalue weighted by Gasteiger charge is -2.47. The highest BCUT2D eigenvalue weighted by Gasteiger charge is 2.53. The van der Waals surface area contributed by atoms with E-state index in [2.05, 4.69) is 34.6 Å². The molecule has 3 aliphatic rings. The summed E-state index contributed by atoms with van der Waals surface area (Å²) in [5, 5.41) is 0. The van der Waals surface area contributed by atoms with Gasteiger partial charge in [-0.15, -0.1) is 0 Å². The van der Waals surface area contributed by atoms with Crippen molar-refractivity contribution in [3.63, 3.8) is 0 Å². The van der Waals surface area contributed by atoms with Crippen LogP contribution in [0.25, 0.3) is 0 Å². The second kappa shape index (κ2) is 3.86. The van der Waals surface area contributed by atoms with E-state index in [-0.39, 0.29) is 11.0 Å². The fourth-order valence-corrected chi connectivity index (χ4v) is 4.60. The largest absolute Gasteiger partial charge is 0.491 e. The van der Waals surface area contributed by atoms with Crippen LogP contribution >= 0.6 is 0 Å². The first kappa shape index (κ1) is 13.2. The van der Waals surface area contributed by atoms with Gasteiger partial charge in [-0.05, 0) is 43.9 Å². The predicted molar refractivity (Wildman–Crippen MR) is 75.6 cm³/mol. The zero-order valence-electron chi connectivity index (χ0n) is 12.9. The second-order valence-corrected chi connectivity index (χ2v) is 8.17. The molecule has 3 atom stereocenters. The number of fused-ring (bicyclic) bond motifs is 2. The Hall–Kier alpha value is -0.790. The molecule has 2 aliphatic carbocycles. The fraction of sp³-hybridized carbons (Fsp3) is 0.824. The molecule has 1 saturated carbocycles. The van der Waals surface area contributed by atoms with E-state index in [1.54, 1.807) is 0 Å². The third-order valence-electron chi connectivity index (χ3n) is 5.47. The van der Waals surface area contributed by atoms with E-state index in [1.165, 1.54) is 12.8 Å². The van der Waals surface area contributed by atoms with Crippen LogP contribution in [0.4, 0.5) is 0 Å². The molecule has 0 aromatic carbocycles. The Kier molecular flexibility index (Phi) is 2.69. The molecule has 19 heavy (non-hydrogen) atoms. The minimum atomic E-state index is -0.109. The molecule has 0 aromatic heterocycles. The molecule has 3 rings (SSSR count). The Morgan fingerprint density at radius 2 is 1.79 bits per heavy atom. The van der Waals surface area contributed by atoms with Crippen molar-refractivity contribution in [1.29, 1.82) is 0 Å². The van der Waals surface area contributed by atoms with E-state index in [1.807, 2.05) is 0 Å². The van der Waals surface area contributed by atoms with Gasteiger partial charge < -0.3 is 4.74 Å². The van der Waals surface area contributed by atoms with E-state index < -0.39 is 0 Å². The van der Waals surface area contributed by atoms with Gasteiger partial charge in [0.15, 0.2) is 5.78 Å². The van der Waals surface area contributed by atoms with E-state index in [0.29, 0.717) is 30.0 Å². The van der Waals surface area contributed by atoms with Gasteiger partial charge in [-0.3, -0.25) is 4.79 Å². The Balaban J connectivity index is 2.08. The summed E-state index contributed by atoms with van der Waals surface area (Å²) in [6.45, 7) is 11.1. The molecule has 1 heterocycles. The molecular weight excluding hydrogens is 236 g/mol. The van der Waals surface area contributed by atoms with Crippen LogP contribution in [-0.4, -0.2) is 11.4 Å². The second-order valence-electron chi connectivity index (χ2n) is 8.17. The molecule has 0 radical (unpaired) electrons. The van der Waals surface area contributed by atoms with Gasteiger partial charge in [-0.2, -0.15) is 0 Å². The predicted octanol–water partition coefficient (Wildman–Crippen LogP) is 4.10. The van der Waals surface area contributed by atoms with Crippen molar-refractivity contribution in [3.8, 4) is 0 Å². The molecule has 2 heteroatoms. The Labute approximate surface area is 116 Å². The van der Waals surface area contributed by atoms with Gasteiger partial charge in [-0.1, -0.05) is 20.8 Å². The lowest BCUT2D eigenvalue weighted by atomic mass is 9.66. The third kappa shape index (κ3) is 1.95. The first-order chi connectivity index (χ1) is 8.71. The minimum Gasteiger partial charge on any atom is -0.491 e. The summed E-state index contributed by atoms with van der Waals surface area (Å²) in [5.74, 6) is 2.96. The lowest BCUT2D eigenvalue weighted by Crippen LogP contribution is -2.46. The Morgan fingerprint density at radius 3 is 2.47 bits per heavy atom. The van der Waals surface area contributed by atoms with E-state index in [0.717, 1.165) is 17.8 Å². The SMILES string of the molecule is C[C@@H]1CC[C@H]2[C@H]1C1=C(CC(C)(C)CC1=O)OC2(C)C. The van der Waals surface area contributed by atoms with Crippen LogP contribution in [0.5, 0.6) is 0 Å². The number of rotatable bonds is 0. The average Bonchev–Trinajstić information content (AvgIpc) is 2.58. The van der Waals surface area contributed by atoms with E-state index >= 15 is 0 Å². The van der Waals surface area contributed by atoms with Crippen LogP contribution in [0.3, 0.4) is 0 Å². The number of Topliss-reactive ketones (excluding diaryl/α,β-unsaturated/α-hetero) is 1. The Bertz CT molecular complexity index is 456. The maximum atomic E-state index is 12.6. The molecule has 0 amide bonds. The summed E-state index contributed by atoms with van der Waals surface area (Å²) in [6.07, 6.45) is 4.04. The summed E-state index contributed by atoms with van der Waals surface area (Å²) < 4.78 is 6.30. The van der Waals surface area contributed by atoms with Crippen molar-refractivity contribution in [3.05, 3.63) is 11.3 Å². The van der Waals surface area contributed by atoms with Crippen LogP contribution in [-0.2, 0) is 9.53 Å². The van der Waals surface area contributed by atoms with Gasteiger partial charge in [0.05, 0.1) is 0 Å². The summed E-state index contributed by atoms with van der Waals surface area (Å²) in [5.41, 5.74) is 1.01. The van der Waals surface area contributed by atoms with Crippen molar-refractivity contribution in [2.24, 2.45) is 23.2 Å². The number of hydrogen-bond acceptors (Lipinski definition) is 2. The fourth-order valence-electron chi connectivity index (χ4n) is 4.60. The van der Waals surface area contributed by atoms with E-state index in [9.17, 15) is 4.79 Å². The number of ether oxygens (including phenoxy) is 1. The maximum absolute atomic E-state index is 12.6. The van der Waals surface area contributed by atoms with Crippen LogP contribution in [0, 0.1) is 23.2 Å². The highest BCUT2D eigenvalue weighted by atomic mass is 16.5. The monoisotopic (exact) mass is 262 g/mol. The molecule has 106 valence electrons. The smallest absolute Gasteiger partial charge is 0.163 e. The highest BCUT2D eigenvalue weighted by Crippen LogP contribution is 2.55. The number of carbonyl (C=O) groups excluding carboxylic acids is 1. The normalized spacial score (nSPS) is 39.6. The van der Waals surface area contributed by atoms with Gasteiger partial charge in [0, 0.05) is 24.3 Å². The van der Waals surface area contributed by atoms with Crippen LogP contribution in [0.1, 0.15) is 60.3 Å². The average molecular weight is 262 g/mol. The first-order valence-corrected chi connectivity index (χ1v) is 7.66. The molecule has 1 aliphatic heterocycles. The molecule has 0 N–H and O–H groups in total. The van der Waals surface area contributed by atoms with Crippen LogP contribution in [0.15, 0.2) is 11.3 Å². The van der Waals surface area contributed by atoms with Crippen LogP contribution < -0.4 is 0 Å². The quantitative estimate of drug-likeness (QED) is 0.657. The van der Waals surface area contributed by atoms with Crippen molar-refractivity contribution in [2.75, 3.05) is 0 Å². The summed E-state index contributed by atoms with van der Waals surface area (Å²) in [4.78, 5) is 12.6. The molecular formula is C17H26O2. The zero-order valence-corrected chi connectivity index (χ0v) is 12.9. The topological polar surface area (TPSA) is 26.3 Å². The number of carbonyl (C=O) groups is 1. The Morgan fingerprint density at radius 1 is 1.11 bits per heavy atom. The molecule has 0 bridgehead atoms. The number of ketones is 1. The zero-order chi connectivity index (χ0) is 14.0. The maximum Gasteiger partial charge on any atom is 0.163 e. The van der Waals surface area contributed by atoms with Gasteiger partial charge >= 0.3 is 0 Å². The van der Waals surface area contributed by atoms with Crippen molar-refractivity contribution in [1.82, 2.24) is 0 Å². The minimum absolute atomic E-state index is 0.0562. The van der Waals surface area contributed by atoms with Crippen LogP contribution in [0.2, 0.25) is 0 Å². The van der Waals surface area contributed by atoms with Gasteiger partial charge in [0.25, 0.3) is 0 Å². The molecule has 2 nitrogen and oxygen atoms in total. The summed E-state index contributed by atoms with van der Waals surface area (Å²) in [7, 11) is 0.